The summed E-state index contributed by atoms with van der Waals surface area (Å²) in [6.45, 7) is 2.21. The molecule has 29 heavy (non-hydrogen) atoms. The Bertz CT molecular complexity index is 1130. The summed E-state index contributed by atoms with van der Waals surface area (Å²) in [6.07, 6.45) is 0. The number of aryl methyl sites for hydroxylation is 1. The van der Waals surface area contributed by atoms with Crippen molar-refractivity contribution in [1.29, 1.82) is 0 Å². The van der Waals surface area contributed by atoms with Gasteiger partial charge in [-0.3, -0.25) is 9.52 Å². The van der Waals surface area contributed by atoms with E-state index in [1.807, 2.05) is 36.4 Å². The zero-order valence-electron chi connectivity index (χ0n) is 16.1. The molecule has 0 aliphatic heterocycles. The first-order valence-corrected chi connectivity index (χ1v) is 10.8. The highest BCUT2D eigenvalue weighted by Gasteiger charge is 2.22. The molecule has 0 heterocycles. The fraction of sp³-hybridized carbons (Fsp3) is 0.136. The number of para-hydroxylation sites is 1. The number of sulfonamides is 1. The highest BCUT2D eigenvalue weighted by molar-refractivity contribution is 7.92. The first-order chi connectivity index (χ1) is 13.8. The van der Waals surface area contributed by atoms with E-state index in [9.17, 15) is 13.2 Å². The van der Waals surface area contributed by atoms with E-state index in [0.717, 1.165) is 11.1 Å². The number of hydrogen-bond donors (Lipinski definition) is 1. The minimum atomic E-state index is -3.96. The first-order valence-electron chi connectivity index (χ1n) is 8.95. The summed E-state index contributed by atoms with van der Waals surface area (Å²) >= 11 is 6.16. The highest BCUT2D eigenvalue weighted by atomic mass is 35.5. The lowest BCUT2D eigenvalue weighted by Crippen LogP contribution is -2.26. The lowest BCUT2D eigenvalue weighted by Gasteiger charge is -2.18. The number of halogens is 1. The Kier molecular flexibility index (Phi) is 6.25. The average molecular weight is 429 g/mol. The van der Waals surface area contributed by atoms with E-state index in [-0.39, 0.29) is 21.4 Å². The van der Waals surface area contributed by atoms with Crippen LogP contribution in [-0.2, 0) is 16.6 Å². The second kappa shape index (κ2) is 8.68. The smallest absolute Gasteiger partial charge is 0.263 e. The van der Waals surface area contributed by atoms with Gasteiger partial charge in [0.2, 0.25) is 0 Å². The number of amides is 1. The molecule has 0 aromatic heterocycles. The van der Waals surface area contributed by atoms with E-state index >= 15 is 0 Å². The third-order valence-electron chi connectivity index (χ3n) is 4.47. The lowest BCUT2D eigenvalue weighted by molar-refractivity contribution is 0.0785. The summed E-state index contributed by atoms with van der Waals surface area (Å²) in [4.78, 5) is 14.2. The number of rotatable bonds is 6. The molecule has 5 nitrogen and oxygen atoms in total. The Morgan fingerprint density at radius 3 is 2.34 bits per heavy atom. The molecular formula is C22H21ClN2O3S. The van der Waals surface area contributed by atoms with Crippen LogP contribution < -0.4 is 4.72 Å². The summed E-state index contributed by atoms with van der Waals surface area (Å²) in [5.74, 6) is -0.294. The van der Waals surface area contributed by atoms with Gasteiger partial charge in [-0.2, -0.15) is 0 Å². The molecule has 0 aliphatic carbocycles. The van der Waals surface area contributed by atoms with Gasteiger partial charge in [0.15, 0.2) is 0 Å². The zero-order valence-corrected chi connectivity index (χ0v) is 17.7. The number of anilines is 1. The molecule has 0 unspecified atom stereocenters. The third-order valence-corrected chi connectivity index (χ3v) is 6.31. The van der Waals surface area contributed by atoms with Crippen molar-refractivity contribution < 1.29 is 13.2 Å². The molecule has 1 N–H and O–H groups in total. The molecule has 0 spiro atoms. The van der Waals surface area contributed by atoms with Gasteiger partial charge in [-0.1, -0.05) is 60.1 Å². The second-order valence-corrected chi connectivity index (χ2v) is 8.77. The van der Waals surface area contributed by atoms with Crippen molar-refractivity contribution in [2.45, 2.75) is 18.4 Å². The Morgan fingerprint density at radius 2 is 1.66 bits per heavy atom. The van der Waals surface area contributed by atoms with Gasteiger partial charge in [0.05, 0.1) is 10.7 Å². The number of carbonyl (C=O) groups is 1. The summed E-state index contributed by atoms with van der Waals surface area (Å²) in [5, 5.41) is 0.0494. The van der Waals surface area contributed by atoms with E-state index in [0.29, 0.717) is 12.2 Å². The fourth-order valence-corrected chi connectivity index (χ4v) is 4.54. The van der Waals surface area contributed by atoms with Gasteiger partial charge < -0.3 is 4.90 Å². The molecule has 0 bridgehead atoms. The molecule has 1 amide bonds. The molecule has 0 atom stereocenters. The molecule has 0 aliphatic rings. The molecule has 0 radical (unpaired) electrons. The van der Waals surface area contributed by atoms with Crippen LogP contribution in [0.2, 0.25) is 5.02 Å². The number of hydrogen-bond acceptors (Lipinski definition) is 3. The van der Waals surface area contributed by atoms with Crippen LogP contribution in [0.5, 0.6) is 0 Å². The molecule has 3 rings (SSSR count). The first kappa shape index (κ1) is 20.9. The number of nitrogens with zero attached hydrogens (tertiary/aromatic N) is 1. The van der Waals surface area contributed by atoms with Crippen LogP contribution in [-0.4, -0.2) is 26.3 Å². The predicted molar refractivity (Wildman–Crippen MR) is 116 cm³/mol. The van der Waals surface area contributed by atoms with E-state index in [2.05, 4.69) is 4.72 Å². The van der Waals surface area contributed by atoms with E-state index < -0.39 is 10.0 Å². The molecule has 0 fully saturated rings. The number of carbonyl (C=O) groups excluding carboxylic acids is 1. The summed E-state index contributed by atoms with van der Waals surface area (Å²) in [7, 11) is -2.29. The summed E-state index contributed by atoms with van der Waals surface area (Å²) < 4.78 is 28.3. The lowest BCUT2D eigenvalue weighted by atomic mass is 10.1. The van der Waals surface area contributed by atoms with Crippen molar-refractivity contribution >= 4 is 33.2 Å². The fourth-order valence-electron chi connectivity index (χ4n) is 2.88. The Hall–Kier alpha value is -2.83. The van der Waals surface area contributed by atoms with Gasteiger partial charge in [-0.05, 0) is 42.3 Å². The van der Waals surface area contributed by atoms with Crippen molar-refractivity contribution in [3.8, 4) is 0 Å². The highest BCUT2D eigenvalue weighted by Crippen LogP contribution is 2.26. The van der Waals surface area contributed by atoms with Crippen LogP contribution >= 0.6 is 11.6 Å². The van der Waals surface area contributed by atoms with Gasteiger partial charge in [-0.25, -0.2) is 8.42 Å². The molecule has 7 heteroatoms. The standard InChI is InChI=1S/C22H21ClN2O3S/c1-16-8-6-7-11-20(16)24-29(27,28)21-14-18(12-13-19(21)23)22(26)25(2)15-17-9-4-3-5-10-17/h3-14,24H,15H2,1-2H3. The largest absolute Gasteiger partial charge is 0.337 e. The molecular weight excluding hydrogens is 408 g/mol. The quantitative estimate of drug-likeness (QED) is 0.617. The van der Waals surface area contributed by atoms with Crippen molar-refractivity contribution in [2.75, 3.05) is 11.8 Å². The third kappa shape index (κ3) is 4.96. The van der Waals surface area contributed by atoms with Crippen LogP contribution in [0.3, 0.4) is 0 Å². The van der Waals surface area contributed by atoms with Gasteiger partial charge in [0.25, 0.3) is 15.9 Å². The van der Waals surface area contributed by atoms with E-state index in [1.165, 1.54) is 23.1 Å². The van der Waals surface area contributed by atoms with Crippen LogP contribution in [0.25, 0.3) is 0 Å². The van der Waals surface area contributed by atoms with E-state index in [1.54, 1.807) is 32.2 Å². The second-order valence-electron chi connectivity index (χ2n) is 6.71. The van der Waals surface area contributed by atoms with Crippen LogP contribution in [0.15, 0.2) is 77.7 Å². The molecule has 0 saturated carbocycles. The zero-order chi connectivity index (χ0) is 21.0. The Morgan fingerprint density at radius 1 is 1.00 bits per heavy atom. The van der Waals surface area contributed by atoms with Gasteiger partial charge in [-0.15, -0.1) is 0 Å². The molecule has 3 aromatic rings. The van der Waals surface area contributed by atoms with Gasteiger partial charge >= 0.3 is 0 Å². The maximum Gasteiger partial charge on any atom is 0.263 e. The minimum Gasteiger partial charge on any atom is -0.337 e. The molecule has 0 saturated heterocycles. The van der Waals surface area contributed by atoms with Gasteiger partial charge in [0.1, 0.15) is 4.90 Å². The summed E-state index contributed by atoms with van der Waals surface area (Å²) in [6, 6.07) is 20.9. The number of nitrogens with one attached hydrogen (secondary N) is 1. The molecule has 3 aromatic carbocycles. The normalized spacial score (nSPS) is 11.1. The van der Waals surface area contributed by atoms with Crippen molar-refractivity contribution in [3.05, 3.63) is 94.5 Å². The maximum absolute atomic E-state index is 12.9. The van der Waals surface area contributed by atoms with Crippen molar-refractivity contribution in [1.82, 2.24) is 4.90 Å². The van der Waals surface area contributed by atoms with Crippen molar-refractivity contribution in [2.24, 2.45) is 0 Å². The van der Waals surface area contributed by atoms with Gasteiger partial charge in [0, 0.05) is 19.2 Å². The topological polar surface area (TPSA) is 66.5 Å². The average Bonchev–Trinajstić information content (AvgIpc) is 2.70. The minimum absolute atomic E-state index is 0.0494. The summed E-state index contributed by atoms with van der Waals surface area (Å²) in [5.41, 5.74) is 2.47. The van der Waals surface area contributed by atoms with Crippen molar-refractivity contribution in [3.63, 3.8) is 0 Å². The maximum atomic E-state index is 12.9. The SMILES string of the molecule is Cc1ccccc1NS(=O)(=O)c1cc(C(=O)N(C)Cc2ccccc2)ccc1Cl. The monoisotopic (exact) mass is 428 g/mol. The van der Waals surface area contributed by atoms with Crippen LogP contribution in [0, 0.1) is 6.92 Å². The van der Waals surface area contributed by atoms with Crippen LogP contribution in [0.4, 0.5) is 5.69 Å². The van der Waals surface area contributed by atoms with Crippen LogP contribution in [0.1, 0.15) is 21.5 Å². The molecule has 150 valence electrons. The van der Waals surface area contributed by atoms with E-state index in [4.69, 9.17) is 11.6 Å². The number of benzene rings is 3. The Balaban J connectivity index is 1.87. The predicted octanol–water partition coefficient (Wildman–Crippen LogP) is 4.72. The Labute approximate surface area is 176 Å².